The summed E-state index contributed by atoms with van der Waals surface area (Å²) >= 11 is 1.15. The Morgan fingerprint density at radius 1 is 1.29 bits per heavy atom. The zero-order valence-corrected chi connectivity index (χ0v) is 14.4. The standard InChI is InChI=1S/C14H22N2O3S2/c1-13(2)11(14(13,3)4)12(17)16-8-7-9-5-6-10(20-9)21(15,18)19/h5-6,11H,7-8H2,1-4H3,(H,16,17)(H2,15,18,19). The fraction of sp³-hybridized carbons (Fsp3) is 0.643. The maximum absolute atomic E-state index is 12.2. The lowest BCUT2D eigenvalue weighted by atomic mass is 10.0. The summed E-state index contributed by atoms with van der Waals surface area (Å²) < 4.78 is 22.5. The first kappa shape index (κ1) is 16.5. The van der Waals surface area contributed by atoms with E-state index in [1.54, 1.807) is 6.07 Å². The molecule has 0 aliphatic heterocycles. The third-order valence-corrected chi connectivity index (χ3v) is 7.45. The highest BCUT2D eigenvalue weighted by atomic mass is 32.2. The number of hydrogen-bond donors (Lipinski definition) is 2. The first-order valence-electron chi connectivity index (χ1n) is 6.87. The number of hydrogen-bond acceptors (Lipinski definition) is 4. The molecule has 1 saturated carbocycles. The van der Waals surface area contributed by atoms with Gasteiger partial charge in [0, 0.05) is 17.3 Å². The maximum Gasteiger partial charge on any atom is 0.247 e. The van der Waals surface area contributed by atoms with E-state index < -0.39 is 10.0 Å². The topological polar surface area (TPSA) is 89.3 Å². The number of sulfonamides is 1. The van der Waals surface area contributed by atoms with Gasteiger partial charge >= 0.3 is 0 Å². The number of nitrogens with one attached hydrogen (secondary N) is 1. The molecule has 1 aromatic rings. The highest BCUT2D eigenvalue weighted by Crippen LogP contribution is 2.68. The van der Waals surface area contributed by atoms with Crippen molar-refractivity contribution in [3.63, 3.8) is 0 Å². The lowest BCUT2D eigenvalue weighted by Crippen LogP contribution is -2.29. The van der Waals surface area contributed by atoms with Gasteiger partial charge in [-0.15, -0.1) is 11.3 Å². The van der Waals surface area contributed by atoms with Gasteiger partial charge in [-0.25, -0.2) is 13.6 Å². The number of thiophene rings is 1. The largest absolute Gasteiger partial charge is 0.355 e. The number of carbonyl (C=O) groups is 1. The van der Waals surface area contributed by atoms with Gasteiger partial charge in [0.05, 0.1) is 0 Å². The van der Waals surface area contributed by atoms with Crippen LogP contribution in [0.3, 0.4) is 0 Å². The number of nitrogens with two attached hydrogens (primary N) is 1. The van der Waals surface area contributed by atoms with E-state index in [9.17, 15) is 13.2 Å². The lowest BCUT2D eigenvalue weighted by Gasteiger charge is -2.05. The normalized spacial score (nSPS) is 20.2. The van der Waals surface area contributed by atoms with Crippen LogP contribution in [0.2, 0.25) is 0 Å². The van der Waals surface area contributed by atoms with Crippen molar-refractivity contribution < 1.29 is 13.2 Å². The molecule has 0 saturated heterocycles. The molecule has 0 aromatic carbocycles. The van der Waals surface area contributed by atoms with Gasteiger partial charge in [-0.3, -0.25) is 4.79 Å². The number of amides is 1. The minimum absolute atomic E-state index is 0.0286. The molecule has 1 aliphatic carbocycles. The predicted molar refractivity (Wildman–Crippen MR) is 83.5 cm³/mol. The van der Waals surface area contributed by atoms with Crippen molar-refractivity contribution in [1.29, 1.82) is 0 Å². The van der Waals surface area contributed by atoms with Crippen LogP contribution in [0.1, 0.15) is 32.6 Å². The van der Waals surface area contributed by atoms with Gasteiger partial charge in [-0.1, -0.05) is 27.7 Å². The summed E-state index contributed by atoms with van der Waals surface area (Å²) in [5.74, 6) is 0.113. The summed E-state index contributed by atoms with van der Waals surface area (Å²) in [4.78, 5) is 13.1. The second-order valence-corrected chi connectivity index (χ2v) is 9.64. The summed E-state index contributed by atoms with van der Waals surface area (Å²) in [6.45, 7) is 8.93. The average Bonchev–Trinajstić information content (AvgIpc) is 2.68. The van der Waals surface area contributed by atoms with Crippen molar-refractivity contribution >= 4 is 27.3 Å². The molecule has 5 nitrogen and oxygen atoms in total. The van der Waals surface area contributed by atoms with Crippen LogP contribution in [0.25, 0.3) is 0 Å². The van der Waals surface area contributed by atoms with Gasteiger partial charge in [0.25, 0.3) is 0 Å². The average molecular weight is 330 g/mol. The van der Waals surface area contributed by atoms with E-state index in [0.717, 1.165) is 16.2 Å². The van der Waals surface area contributed by atoms with Gasteiger partial charge in [0.2, 0.25) is 15.9 Å². The molecule has 0 spiro atoms. The molecule has 1 fully saturated rings. The minimum atomic E-state index is -3.63. The van der Waals surface area contributed by atoms with Crippen molar-refractivity contribution in [2.75, 3.05) is 6.54 Å². The Morgan fingerprint density at radius 3 is 2.29 bits per heavy atom. The van der Waals surface area contributed by atoms with Crippen molar-refractivity contribution in [2.24, 2.45) is 21.9 Å². The van der Waals surface area contributed by atoms with Crippen LogP contribution in [0, 0.1) is 16.7 Å². The molecule has 21 heavy (non-hydrogen) atoms. The summed E-state index contributed by atoms with van der Waals surface area (Å²) in [6, 6.07) is 3.24. The monoisotopic (exact) mass is 330 g/mol. The zero-order valence-electron chi connectivity index (χ0n) is 12.8. The Morgan fingerprint density at radius 2 is 1.86 bits per heavy atom. The van der Waals surface area contributed by atoms with Gasteiger partial charge in [-0.2, -0.15) is 0 Å². The van der Waals surface area contributed by atoms with Crippen LogP contribution in [0.15, 0.2) is 16.3 Å². The van der Waals surface area contributed by atoms with E-state index in [1.807, 2.05) is 0 Å². The van der Waals surface area contributed by atoms with Crippen molar-refractivity contribution in [3.05, 3.63) is 17.0 Å². The van der Waals surface area contributed by atoms with E-state index in [-0.39, 0.29) is 26.9 Å². The Kier molecular flexibility index (Phi) is 3.97. The fourth-order valence-corrected chi connectivity index (χ4v) is 4.69. The summed E-state index contributed by atoms with van der Waals surface area (Å²) in [7, 11) is -3.63. The van der Waals surface area contributed by atoms with Crippen LogP contribution in [0.4, 0.5) is 0 Å². The molecule has 1 aliphatic rings. The van der Waals surface area contributed by atoms with E-state index in [2.05, 4.69) is 33.0 Å². The summed E-state index contributed by atoms with van der Waals surface area (Å²) in [6.07, 6.45) is 0.611. The van der Waals surface area contributed by atoms with Crippen LogP contribution in [-0.2, 0) is 21.2 Å². The van der Waals surface area contributed by atoms with Crippen molar-refractivity contribution in [3.8, 4) is 0 Å². The Hall–Kier alpha value is -0.920. The molecule has 3 N–H and O–H groups in total. The van der Waals surface area contributed by atoms with E-state index in [4.69, 9.17) is 5.14 Å². The van der Waals surface area contributed by atoms with Crippen LogP contribution >= 0.6 is 11.3 Å². The molecule has 1 amide bonds. The quantitative estimate of drug-likeness (QED) is 0.861. The predicted octanol–water partition coefficient (Wildman–Crippen LogP) is 1.74. The molecule has 1 heterocycles. The summed E-state index contributed by atoms with van der Waals surface area (Å²) in [5.41, 5.74) is 0.0572. The van der Waals surface area contributed by atoms with Crippen LogP contribution in [-0.4, -0.2) is 20.9 Å². The Bertz CT molecular complexity index is 646. The Balaban J connectivity index is 1.86. The molecule has 2 rings (SSSR count). The van der Waals surface area contributed by atoms with Crippen LogP contribution < -0.4 is 10.5 Å². The van der Waals surface area contributed by atoms with Gasteiger partial charge in [0.15, 0.2) is 0 Å². The van der Waals surface area contributed by atoms with Crippen LogP contribution in [0.5, 0.6) is 0 Å². The van der Waals surface area contributed by atoms with E-state index >= 15 is 0 Å². The van der Waals surface area contributed by atoms with E-state index in [0.29, 0.717) is 13.0 Å². The second kappa shape index (κ2) is 5.07. The molecule has 0 atom stereocenters. The molecule has 118 valence electrons. The van der Waals surface area contributed by atoms with Crippen molar-refractivity contribution in [2.45, 2.75) is 38.3 Å². The lowest BCUT2D eigenvalue weighted by molar-refractivity contribution is -0.123. The molecule has 0 unspecified atom stereocenters. The molecular formula is C14H22N2O3S2. The molecule has 1 aromatic heterocycles. The van der Waals surface area contributed by atoms with Crippen molar-refractivity contribution in [1.82, 2.24) is 5.32 Å². The fourth-order valence-electron chi connectivity index (χ4n) is 2.91. The number of carbonyl (C=O) groups excluding carboxylic acids is 1. The smallest absolute Gasteiger partial charge is 0.247 e. The van der Waals surface area contributed by atoms with E-state index in [1.165, 1.54) is 6.07 Å². The number of primary sulfonamides is 1. The first-order chi connectivity index (χ1) is 9.48. The van der Waals surface area contributed by atoms with Gasteiger partial charge < -0.3 is 5.32 Å². The maximum atomic E-state index is 12.2. The zero-order chi connectivity index (χ0) is 16.1. The SMILES string of the molecule is CC1(C)C(C(=O)NCCc2ccc(S(N)(=O)=O)s2)C1(C)C. The molecular weight excluding hydrogens is 308 g/mol. The highest BCUT2D eigenvalue weighted by molar-refractivity contribution is 7.91. The number of rotatable bonds is 5. The molecule has 0 radical (unpaired) electrons. The Labute approximate surface area is 130 Å². The molecule has 7 heteroatoms. The minimum Gasteiger partial charge on any atom is -0.355 e. The highest BCUT2D eigenvalue weighted by Gasteiger charge is 2.68. The second-order valence-electron chi connectivity index (χ2n) is 6.68. The first-order valence-corrected chi connectivity index (χ1v) is 9.23. The van der Waals surface area contributed by atoms with Gasteiger partial charge in [0.1, 0.15) is 4.21 Å². The third-order valence-electron chi connectivity index (χ3n) is 4.87. The summed E-state index contributed by atoms with van der Waals surface area (Å²) in [5, 5.41) is 8.01. The molecule has 0 bridgehead atoms. The third kappa shape index (κ3) is 3.00. The van der Waals surface area contributed by atoms with Gasteiger partial charge in [-0.05, 0) is 29.4 Å².